The molecule has 0 spiro atoms. The van der Waals surface area contributed by atoms with Gasteiger partial charge in [0.05, 0.1) is 44.3 Å². The van der Waals surface area contributed by atoms with Crippen molar-refractivity contribution in [3.63, 3.8) is 0 Å². The number of piperidine rings is 1. The highest BCUT2D eigenvalue weighted by atomic mass is 35.5. The molecule has 47 heavy (non-hydrogen) atoms. The van der Waals surface area contributed by atoms with Crippen LogP contribution in [0.15, 0.2) is 28.9 Å². The monoisotopic (exact) mass is 695 g/mol. The number of amides is 1. The Labute approximate surface area is 282 Å². The van der Waals surface area contributed by atoms with E-state index in [1.807, 2.05) is 24.6 Å². The van der Waals surface area contributed by atoms with Gasteiger partial charge in [-0.25, -0.2) is 9.78 Å². The predicted molar refractivity (Wildman–Crippen MR) is 178 cm³/mol. The van der Waals surface area contributed by atoms with E-state index in [2.05, 4.69) is 15.5 Å². The Balaban J connectivity index is 1.34. The molecule has 0 radical (unpaired) electrons. The SMILES string of the molecule is Cc1c(N2CC3CC3C2)c(C(=O)O)cc2nc(NC3=C(Cl)C=CC(CNC(=O)C(C)(C)C)(C4CCC(C(F)(F)F)CC4)C3Cl)n(C)c12. The number of carboxylic acids is 1. The number of carbonyl (C=O) groups excluding carboxylic acids is 1. The van der Waals surface area contributed by atoms with E-state index in [0.717, 1.165) is 24.2 Å². The van der Waals surface area contributed by atoms with Gasteiger partial charge in [-0.15, -0.1) is 11.6 Å². The van der Waals surface area contributed by atoms with Gasteiger partial charge in [-0.3, -0.25) is 4.79 Å². The molecule has 2 heterocycles. The maximum Gasteiger partial charge on any atom is 0.391 e. The van der Waals surface area contributed by atoms with Gasteiger partial charge in [0.2, 0.25) is 11.9 Å². The summed E-state index contributed by atoms with van der Waals surface area (Å²) in [7, 11) is 1.84. The maximum atomic E-state index is 13.6. The van der Waals surface area contributed by atoms with Crippen LogP contribution in [0.2, 0.25) is 0 Å². The largest absolute Gasteiger partial charge is 0.478 e. The highest BCUT2D eigenvalue weighted by Gasteiger charge is 2.51. The lowest BCUT2D eigenvalue weighted by Crippen LogP contribution is -2.52. The number of halogens is 5. The van der Waals surface area contributed by atoms with Gasteiger partial charge in [-0.2, -0.15) is 13.2 Å². The number of carbonyl (C=O) groups is 2. The molecule has 6 rings (SSSR count). The minimum Gasteiger partial charge on any atom is -0.478 e. The number of hydrogen-bond acceptors (Lipinski definition) is 5. The van der Waals surface area contributed by atoms with Gasteiger partial charge < -0.3 is 25.2 Å². The Kier molecular flexibility index (Phi) is 8.60. The zero-order chi connectivity index (χ0) is 34.2. The second kappa shape index (κ2) is 11.9. The van der Waals surface area contributed by atoms with Gasteiger partial charge in [0, 0.05) is 37.5 Å². The molecule has 3 fully saturated rings. The molecule has 4 unspecified atom stereocenters. The molecule has 13 heteroatoms. The van der Waals surface area contributed by atoms with Crippen molar-refractivity contribution in [2.45, 2.75) is 71.4 Å². The summed E-state index contributed by atoms with van der Waals surface area (Å²) in [5.41, 5.74) is 1.82. The van der Waals surface area contributed by atoms with Gasteiger partial charge in [0.25, 0.3) is 0 Å². The van der Waals surface area contributed by atoms with Gasteiger partial charge in [0.1, 0.15) is 0 Å². The first kappa shape index (κ1) is 34.0. The molecule has 4 aliphatic rings. The summed E-state index contributed by atoms with van der Waals surface area (Å²) in [4.78, 5) is 32.4. The number of benzene rings is 1. The summed E-state index contributed by atoms with van der Waals surface area (Å²) in [6, 6.07) is 1.61. The quantitative estimate of drug-likeness (QED) is 0.258. The average Bonchev–Trinajstić information content (AvgIpc) is 3.46. The molecule has 0 bridgehead atoms. The first-order chi connectivity index (χ1) is 21.9. The van der Waals surface area contributed by atoms with E-state index in [-0.39, 0.29) is 36.8 Å². The molecule has 1 saturated heterocycles. The van der Waals surface area contributed by atoms with Crippen LogP contribution in [-0.4, -0.2) is 57.7 Å². The van der Waals surface area contributed by atoms with Crippen molar-refractivity contribution < 1.29 is 27.9 Å². The third kappa shape index (κ3) is 6.11. The third-order valence-electron chi connectivity index (χ3n) is 10.8. The first-order valence-electron chi connectivity index (χ1n) is 16.3. The van der Waals surface area contributed by atoms with Gasteiger partial charge >= 0.3 is 12.1 Å². The van der Waals surface area contributed by atoms with Crippen LogP contribution in [0.1, 0.15) is 68.8 Å². The Morgan fingerprint density at radius 1 is 1.13 bits per heavy atom. The smallest absolute Gasteiger partial charge is 0.391 e. The van der Waals surface area contributed by atoms with Gasteiger partial charge in [0.15, 0.2) is 0 Å². The van der Waals surface area contributed by atoms with E-state index in [4.69, 9.17) is 28.2 Å². The lowest BCUT2D eigenvalue weighted by Gasteiger charge is -2.47. The second-order valence-electron chi connectivity index (χ2n) is 14.9. The summed E-state index contributed by atoms with van der Waals surface area (Å²) >= 11 is 14.1. The summed E-state index contributed by atoms with van der Waals surface area (Å²) in [6.45, 7) is 9.09. The molecule has 2 saturated carbocycles. The van der Waals surface area contributed by atoms with Crippen LogP contribution in [0.25, 0.3) is 11.0 Å². The van der Waals surface area contributed by atoms with Crippen LogP contribution >= 0.6 is 23.2 Å². The standard InChI is InChI=1S/C34H42Cl2F3N5O3/c1-17-26(44-14-18-12-19(18)15-44)22(29(45)46)13-24-27(17)43(5)31(41-24)42-25-23(35)10-11-33(28(25)36,16-40-30(47)32(2,3)4)20-6-8-21(9-7-20)34(37,38)39/h10-11,13,18-21,28H,6-9,12,14-16H2,1-5H3,(H,40,47)(H,41,42)(H,45,46). The summed E-state index contributed by atoms with van der Waals surface area (Å²) < 4.78 is 42.7. The van der Waals surface area contributed by atoms with Gasteiger partial charge in [-0.05, 0) is 74.5 Å². The number of aromatic carboxylic acids is 1. The average molecular weight is 697 g/mol. The molecule has 3 N–H and O–H groups in total. The number of aryl methyl sites for hydroxylation is 2. The number of allylic oxidation sites excluding steroid dienone is 3. The predicted octanol–water partition coefficient (Wildman–Crippen LogP) is 7.59. The Hall–Kier alpha value is -2.92. The summed E-state index contributed by atoms with van der Waals surface area (Å²) in [6.07, 6.45) is 1.03. The molecule has 1 amide bonds. The number of hydrogen-bond donors (Lipinski definition) is 3. The second-order valence-corrected chi connectivity index (χ2v) is 15.8. The van der Waals surface area contributed by atoms with Crippen molar-refractivity contribution >= 4 is 57.7 Å². The molecule has 1 aromatic carbocycles. The zero-order valence-electron chi connectivity index (χ0n) is 27.3. The molecule has 1 aliphatic heterocycles. The molecule has 1 aromatic heterocycles. The van der Waals surface area contributed by atoms with E-state index in [1.165, 1.54) is 6.42 Å². The third-order valence-corrected chi connectivity index (χ3v) is 11.8. The van der Waals surface area contributed by atoms with Crippen molar-refractivity contribution in [1.82, 2.24) is 14.9 Å². The number of carboxylic acid groups (broad SMARTS) is 1. The number of aromatic nitrogens is 2. The Bertz CT molecular complexity index is 1660. The van der Waals surface area contributed by atoms with Crippen molar-refractivity contribution in [1.29, 1.82) is 0 Å². The Morgan fingerprint density at radius 3 is 2.34 bits per heavy atom. The van der Waals surface area contributed by atoms with E-state index in [1.54, 1.807) is 32.9 Å². The van der Waals surface area contributed by atoms with Crippen LogP contribution < -0.4 is 15.5 Å². The fourth-order valence-corrected chi connectivity index (χ4v) is 8.75. The number of fused-ring (bicyclic) bond motifs is 2. The van der Waals surface area contributed by atoms with E-state index in [0.29, 0.717) is 52.6 Å². The topological polar surface area (TPSA) is 99.5 Å². The molecule has 8 nitrogen and oxygen atoms in total. The van der Waals surface area contributed by atoms with Gasteiger partial charge in [-0.1, -0.05) is 38.4 Å². The summed E-state index contributed by atoms with van der Waals surface area (Å²) in [5.74, 6) is -1.21. The normalized spacial score (nSPS) is 29.3. The van der Waals surface area contributed by atoms with Crippen LogP contribution in [0, 0.1) is 41.4 Å². The van der Waals surface area contributed by atoms with E-state index in [9.17, 15) is 27.9 Å². The molecule has 3 aliphatic carbocycles. The highest BCUT2D eigenvalue weighted by molar-refractivity contribution is 6.33. The number of rotatable bonds is 7. The number of anilines is 2. The van der Waals surface area contributed by atoms with Crippen molar-refractivity contribution in [3.05, 3.63) is 40.1 Å². The van der Waals surface area contributed by atoms with E-state index >= 15 is 0 Å². The van der Waals surface area contributed by atoms with E-state index < -0.39 is 34.3 Å². The highest BCUT2D eigenvalue weighted by Crippen LogP contribution is 2.52. The number of nitrogens with one attached hydrogen (secondary N) is 2. The number of alkyl halides is 4. The molecule has 4 atom stereocenters. The van der Waals surface area contributed by atoms with Crippen LogP contribution in [0.3, 0.4) is 0 Å². The fraction of sp³-hybridized carbons (Fsp3) is 0.618. The maximum absolute atomic E-state index is 13.6. The van der Waals surface area contributed by atoms with Crippen LogP contribution in [0.5, 0.6) is 0 Å². The lowest BCUT2D eigenvalue weighted by atomic mass is 9.63. The molecule has 256 valence electrons. The van der Waals surface area contributed by atoms with Crippen molar-refractivity contribution in [2.24, 2.45) is 41.5 Å². The molecular formula is C34H42Cl2F3N5O3. The van der Waals surface area contributed by atoms with Crippen molar-refractivity contribution in [2.75, 3.05) is 29.9 Å². The summed E-state index contributed by atoms with van der Waals surface area (Å²) in [5, 5.41) is 16.0. The molecule has 2 aromatic rings. The number of nitrogens with zero attached hydrogens (tertiary/aromatic N) is 3. The fourth-order valence-electron chi connectivity index (χ4n) is 7.97. The van der Waals surface area contributed by atoms with Crippen molar-refractivity contribution in [3.8, 4) is 0 Å². The van der Waals surface area contributed by atoms with Crippen LogP contribution in [0.4, 0.5) is 24.8 Å². The minimum absolute atomic E-state index is 0.0163. The van der Waals surface area contributed by atoms with Crippen LogP contribution in [-0.2, 0) is 11.8 Å². The minimum atomic E-state index is -4.26. The molecular weight excluding hydrogens is 654 g/mol. The Morgan fingerprint density at radius 2 is 1.77 bits per heavy atom. The lowest BCUT2D eigenvalue weighted by molar-refractivity contribution is -0.185. The number of imidazole rings is 1. The zero-order valence-corrected chi connectivity index (χ0v) is 28.8. The first-order valence-corrected chi connectivity index (χ1v) is 17.1.